The number of hydrogen-bond acceptors (Lipinski definition) is 8. The first-order chi connectivity index (χ1) is 17.4. The molecule has 0 bridgehead atoms. The minimum absolute atomic E-state index is 0.0128. The molecule has 1 fully saturated rings. The van der Waals surface area contributed by atoms with Crippen LogP contribution in [0.2, 0.25) is 0 Å². The highest BCUT2D eigenvalue weighted by atomic mass is 16.7. The van der Waals surface area contributed by atoms with Crippen LogP contribution in [0.3, 0.4) is 0 Å². The average molecular weight is 502 g/mol. The Balaban J connectivity index is 1.28. The van der Waals surface area contributed by atoms with Crippen molar-refractivity contribution in [3.63, 3.8) is 0 Å². The van der Waals surface area contributed by atoms with Gasteiger partial charge in [0.1, 0.15) is 6.10 Å². The molecule has 0 saturated carbocycles. The van der Waals surface area contributed by atoms with Crippen molar-refractivity contribution in [3.05, 3.63) is 42.0 Å². The van der Waals surface area contributed by atoms with Gasteiger partial charge in [0.15, 0.2) is 0 Å². The molecule has 194 valence electrons. The second kappa shape index (κ2) is 14.0. The van der Waals surface area contributed by atoms with E-state index in [0.29, 0.717) is 16.3 Å². The van der Waals surface area contributed by atoms with E-state index >= 15 is 0 Å². The van der Waals surface area contributed by atoms with Crippen molar-refractivity contribution in [3.8, 4) is 0 Å². The number of carbonyl (C=O) groups excluding carboxylic acids is 5. The van der Waals surface area contributed by atoms with E-state index in [1.807, 2.05) is 0 Å². The van der Waals surface area contributed by atoms with Crippen LogP contribution in [0.1, 0.15) is 61.7 Å². The molecule has 1 atom stereocenters. The lowest BCUT2D eigenvalue weighted by Gasteiger charge is -2.18. The Morgan fingerprint density at radius 1 is 0.944 bits per heavy atom. The summed E-state index contributed by atoms with van der Waals surface area (Å²) in [5.41, 5.74) is 0.930. The topological polar surface area (TPSA) is 140 Å². The molecule has 36 heavy (non-hydrogen) atoms. The Morgan fingerprint density at radius 2 is 1.67 bits per heavy atom. The summed E-state index contributed by atoms with van der Waals surface area (Å²) in [6.07, 6.45) is 8.10. The fourth-order valence-electron chi connectivity index (χ4n) is 3.65. The lowest BCUT2D eigenvalue weighted by molar-refractivity contribution is -0.198. The predicted molar refractivity (Wildman–Crippen MR) is 128 cm³/mol. The standard InChI is InChI=1S/C25H31N3O8/c29-21-12-13-22(30)28(21)36-23(31)14-16-34-17-15-26-24(32)18-8-10-19(11-9-18)27-25(33)35-20-6-4-2-1-3-5-7-20/h1-2,8-11,20H,3-7,12-17H2,(H,26,32)(H,27,33)/b2-1+. The van der Waals surface area contributed by atoms with Gasteiger partial charge in [-0.25, -0.2) is 9.59 Å². The highest BCUT2D eigenvalue weighted by Crippen LogP contribution is 2.17. The minimum Gasteiger partial charge on any atom is -0.446 e. The third-order valence-corrected chi connectivity index (χ3v) is 5.57. The number of allylic oxidation sites excluding steroid dienone is 2. The number of hydroxylamine groups is 2. The molecular weight excluding hydrogens is 470 g/mol. The summed E-state index contributed by atoms with van der Waals surface area (Å²) < 4.78 is 10.8. The minimum atomic E-state index is -0.748. The van der Waals surface area contributed by atoms with Gasteiger partial charge in [0.2, 0.25) is 0 Å². The molecule has 2 aliphatic rings. The quantitative estimate of drug-likeness (QED) is 0.283. The van der Waals surface area contributed by atoms with Gasteiger partial charge in [-0.05, 0) is 56.4 Å². The Hall–Kier alpha value is -3.73. The van der Waals surface area contributed by atoms with Gasteiger partial charge in [-0.3, -0.25) is 19.7 Å². The molecule has 11 heteroatoms. The highest BCUT2D eigenvalue weighted by molar-refractivity contribution is 6.01. The number of carbonyl (C=O) groups is 5. The number of ether oxygens (including phenoxy) is 2. The maximum absolute atomic E-state index is 12.3. The van der Waals surface area contributed by atoms with Crippen molar-refractivity contribution < 1.29 is 38.3 Å². The molecule has 1 aromatic carbocycles. The van der Waals surface area contributed by atoms with E-state index in [4.69, 9.17) is 14.3 Å². The molecule has 11 nitrogen and oxygen atoms in total. The SMILES string of the molecule is O=C(CCOCCNC(=O)c1ccc(NC(=O)OC2CC/C=C/CCC2)cc1)ON1C(=O)CCC1=O. The molecular formula is C25H31N3O8. The number of rotatable bonds is 10. The van der Waals surface area contributed by atoms with Crippen molar-refractivity contribution in [2.75, 3.05) is 25.1 Å². The van der Waals surface area contributed by atoms with E-state index in [0.717, 1.165) is 32.1 Å². The normalized spacial score (nSPS) is 18.7. The summed E-state index contributed by atoms with van der Waals surface area (Å²) in [4.78, 5) is 63.7. The van der Waals surface area contributed by atoms with E-state index in [-0.39, 0.29) is 51.0 Å². The molecule has 1 heterocycles. The molecule has 0 radical (unpaired) electrons. The molecule has 0 aromatic heterocycles. The van der Waals surface area contributed by atoms with E-state index in [9.17, 15) is 24.0 Å². The fraction of sp³-hybridized carbons (Fsp3) is 0.480. The second-order valence-corrected chi connectivity index (χ2v) is 8.37. The maximum atomic E-state index is 12.3. The molecule has 3 rings (SSSR count). The van der Waals surface area contributed by atoms with Gasteiger partial charge in [0.05, 0.1) is 19.6 Å². The summed E-state index contributed by atoms with van der Waals surface area (Å²) in [5, 5.41) is 5.86. The van der Waals surface area contributed by atoms with Crippen LogP contribution in [0, 0.1) is 0 Å². The third kappa shape index (κ3) is 8.81. The van der Waals surface area contributed by atoms with Gasteiger partial charge < -0.3 is 19.6 Å². The van der Waals surface area contributed by atoms with Crippen LogP contribution in [0.5, 0.6) is 0 Å². The van der Waals surface area contributed by atoms with Crippen molar-refractivity contribution in [2.45, 2.75) is 57.5 Å². The number of benzene rings is 1. The number of anilines is 1. The van der Waals surface area contributed by atoms with Gasteiger partial charge in [-0.1, -0.05) is 12.2 Å². The zero-order valence-corrected chi connectivity index (χ0v) is 20.0. The summed E-state index contributed by atoms with van der Waals surface area (Å²) in [5.74, 6) is -2.14. The Labute approximate surface area is 209 Å². The lowest BCUT2D eigenvalue weighted by Crippen LogP contribution is -2.32. The number of hydrogen-bond donors (Lipinski definition) is 2. The van der Waals surface area contributed by atoms with Crippen molar-refractivity contribution in [1.29, 1.82) is 0 Å². The first-order valence-corrected chi connectivity index (χ1v) is 12.1. The number of nitrogens with zero attached hydrogens (tertiary/aromatic N) is 1. The smallest absolute Gasteiger partial charge is 0.411 e. The predicted octanol–water partition coefficient (Wildman–Crippen LogP) is 2.87. The van der Waals surface area contributed by atoms with Gasteiger partial charge in [-0.2, -0.15) is 0 Å². The van der Waals surface area contributed by atoms with E-state index < -0.39 is 23.9 Å². The molecule has 0 spiro atoms. The van der Waals surface area contributed by atoms with Crippen LogP contribution in [0.15, 0.2) is 36.4 Å². The van der Waals surface area contributed by atoms with Gasteiger partial charge >= 0.3 is 12.1 Å². The van der Waals surface area contributed by atoms with Crippen molar-refractivity contribution in [1.82, 2.24) is 10.4 Å². The maximum Gasteiger partial charge on any atom is 0.411 e. The first kappa shape index (κ1) is 26.9. The van der Waals surface area contributed by atoms with Gasteiger partial charge in [-0.15, -0.1) is 5.06 Å². The van der Waals surface area contributed by atoms with Gasteiger partial charge in [0, 0.05) is 30.6 Å². The lowest BCUT2D eigenvalue weighted by atomic mass is 10.0. The van der Waals surface area contributed by atoms with Crippen LogP contribution in [-0.4, -0.2) is 60.7 Å². The highest BCUT2D eigenvalue weighted by Gasteiger charge is 2.32. The van der Waals surface area contributed by atoms with Crippen LogP contribution in [0.4, 0.5) is 10.5 Å². The molecule has 1 aliphatic heterocycles. The summed E-state index contributed by atoms with van der Waals surface area (Å²) in [7, 11) is 0. The number of amides is 4. The zero-order valence-electron chi connectivity index (χ0n) is 20.0. The second-order valence-electron chi connectivity index (χ2n) is 8.37. The van der Waals surface area contributed by atoms with Crippen LogP contribution in [-0.2, 0) is 28.7 Å². The van der Waals surface area contributed by atoms with Crippen LogP contribution in [0.25, 0.3) is 0 Å². The molecule has 2 N–H and O–H groups in total. The fourth-order valence-corrected chi connectivity index (χ4v) is 3.65. The van der Waals surface area contributed by atoms with Crippen molar-refractivity contribution >= 4 is 35.5 Å². The van der Waals surface area contributed by atoms with E-state index in [1.165, 1.54) is 0 Å². The van der Waals surface area contributed by atoms with Crippen LogP contribution >= 0.6 is 0 Å². The molecule has 1 aliphatic carbocycles. The Kier molecular flexibility index (Phi) is 10.4. The largest absolute Gasteiger partial charge is 0.446 e. The number of imide groups is 1. The summed E-state index contributed by atoms with van der Waals surface area (Å²) in [6, 6.07) is 6.41. The van der Waals surface area contributed by atoms with Gasteiger partial charge in [0.25, 0.3) is 17.7 Å². The Morgan fingerprint density at radius 3 is 2.42 bits per heavy atom. The summed E-state index contributed by atoms with van der Waals surface area (Å²) >= 11 is 0. The molecule has 1 aromatic rings. The monoisotopic (exact) mass is 501 g/mol. The molecule has 1 saturated heterocycles. The van der Waals surface area contributed by atoms with E-state index in [1.54, 1.807) is 24.3 Å². The summed E-state index contributed by atoms with van der Waals surface area (Å²) in [6.45, 7) is 0.377. The molecule has 4 amide bonds. The van der Waals surface area contributed by atoms with Crippen molar-refractivity contribution in [2.24, 2.45) is 0 Å². The zero-order chi connectivity index (χ0) is 25.8. The first-order valence-electron chi connectivity index (χ1n) is 12.1. The Bertz CT molecular complexity index is 960. The van der Waals surface area contributed by atoms with Crippen LogP contribution < -0.4 is 10.6 Å². The third-order valence-electron chi connectivity index (χ3n) is 5.57. The average Bonchev–Trinajstić information content (AvgIpc) is 3.15. The van der Waals surface area contributed by atoms with E-state index in [2.05, 4.69) is 22.8 Å². The molecule has 1 unspecified atom stereocenters. The number of nitrogens with one attached hydrogen (secondary N) is 2.